The van der Waals surface area contributed by atoms with E-state index in [-0.39, 0.29) is 5.88 Å². The molecule has 2 rings (SSSR count). The van der Waals surface area contributed by atoms with Crippen LogP contribution in [0.1, 0.15) is 18.4 Å². The highest BCUT2D eigenvalue weighted by Gasteiger charge is 2.31. The Balaban J connectivity index is 2.63. The monoisotopic (exact) mass is 294 g/mol. The van der Waals surface area contributed by atoms with Crippen LogP contribution in [-0.4, -0.2) is 31.4 Å². The molecule has 0 saturated carbocycles. The van der Waals surface area contributed by atoms with Crippen LogP contribution < -0.4 is 0 Å². The second-order valence-electron chi connectivity index (χ2n) is 4.24. The molecule has 0 aliphatic rings. The van der Waals surface area contributed by atoms with Gasteiger partial charge in [-0.3, -0.25) is 0 Å². The smallest absolute Gasteiger partial charge is 0.304 e. The maximum atomic E-state index is 12.7. The molecule has 8 heteroatoms. The third-order valence-corrected chi connectivity index (χ3v) is 3.02. The maximum Gasteiger partial charge on any atom is 0.406 e. The summed E-state index contributed by atoms with van der Waals surface area (Å²) in [6.07, 6.45) is -4.00. The number of imidazole rings is 1. The van der Waals surface area contributed by atoms with Gasteiger partial charge in [0.05, 0.1) is 5.69 Å². The molecule has 2 aromatic rings. The van der Waals surface area contributed by atoms with Gasteiger partial charge in [0.1, 0.15) is 17.9 Å². The molecule has 19 heavy (non-hydrogen) atoms. The number of hydrogen-bond donors (Lipinski definition) is 0. The van der Waals surface area contributed by atoms with Crippen molar-refractivity contribution in [1.29, 1.82) is 0 Å². The molecule has 0 aliphatic carbocycles. The van der Waals surface area contributed by atoms with E-state index < -0.39 is 12.7 Å². The Morgan fingerprint density at radius 3 is 2.53 bits per heavy atom. The van der Waals surface area contributed by atoms with E-state index in [9.17, 15) is 13.2 Å². The lowest BCUT2D eigenvalue weighted by atomic mass is 10.4. The second kappa shape index (κ2) is 5.03. The maximum absolute atomic E-state index is 12.7. The minimum absolute atomic E-state index is 0.232. The van der Waals surface area contributed by atoms with Crippen molar-refractivity contribution in [3.63, 3.8) is 0 Å². The first-order valence-corrected chi connectivity index (χ1v) is 6.46. The topological polar surface area (TPSA) is 35.6 Å². The third-order valence-electron chi connectivity index (χ3n) is 2.83. The molecule has 0 radical (unpaired) electrons. The number of fused-ring (bicyclic) bond motifs is 1. The highest BCUT2D eigenvalue weighted by molar-refractivity contribution is 6.17. The molecule has 0 bridgehead atoms. The van der Waals surface area contributed by atoms with Crippen LogP contribution in [0.2, 0.25) is 0 Å². The lowest BCUT2D eigenvalue weighted by Crippen LogP contribution is -2.21. The highest BCUT2D eigenvalue weighted by Crippen LogP contribution is 2.25. The normalized spacial score (nSPS) is 12.5. The van der Waals surface area contributed by atoms with E-state index in [2.05, 4.69) is 10.1 Å². The first-order chi connectivity index (χ1) is 8.87. The molecule has 0 unspecified atom stereocenters. The largest absolute Gasteiger partial charge is 0.406 e. The predicted octanol–water partition coefficient (Wildman–Crippen LogP) is 2.90. The van der Waals surface area contributed by atoms with Crippen LogP contribution in [0.25, 0.3) is 11.2 Å². The summed E-state index contributed by atoms with van der Waals surface area (Å²) in [6, 6.07) is 0. The Morgan fingerprint density at radius 1 is 1.32 bits per heavy atom. The number of rotatable bonds is 4. The molecule has 2 heterocycles. The van der Waals surface area contributed by atoms with Gasteiger partial charge in [0.15, 0.2) is 5.65 Å². The van der Waals surface area contributed by atoms with Gasteiger partial charge in [-0.05, 0) is 13.8 Å². The first-order valence-electron chi connectivity index (χ1n) is 5.92. The second-order valence-corrected chi connectivity index (χ2v) is 4.62. The minimum Gasteiger partial charge on any atom is -0.304 e. The van der Waals surface area contributed by atoms with Crippen LogP contribution in [0, 0.1) is 6.92 Å². The number of aromatic nitrogens is 4. The van der Waals surface area contributed by atoms with E-state index in [1.165, 1.54) is 4.57 Å². The van der Waals surface area contributed by atoms with Crippen molar-refractivity contribution in [3.05, 3.63) is 11.5 Å². The van der Waals surface area contributed by atoms with E-state index >= 15 is 0 Å². The van der Waals surface area contributed by atoms with Gasteiger partial charge < -0.3 is 4.57 Å². The van der Waals surface area contributed by atoms with Crippen LogP contribution >= 0.6 is 11.6 Å². The Hall–Kier alpha value is -1.24. The summed E-state index contributed by atoms with van der Waals surface area (Å²) in [7, 11) is 0. The van der Waals surface area contributed by atoms with E-state index in [0.29, 0.717) is 35.6 Å². The quantitative estimate of drug-likeness (QED) is 0.813. The Kier molecular flexibility index (Phi) is 3.75. The van der Waals surface area contributed by atoms with Crippen LogP contribution in [0.3, 0.4) is 0 Å². The summed E-state index contributed by atoms with van der Waals surface area (Å²) in [5.41, 5.74) is 1.57. The molecule has 0 saturated heterocycles. The number of nitrogens with zero attached hydrogens (tertiary/aromatic N) is 4. The zero-order chi connectivity index (χ0) is 14.2. The summed E-state index contributed by atoms with van der Waals surface area (Å²) in [5, 5.41) is 4.19. The van der Waals surface area contributed by atoms with E-state index in [0.717, 1.165) is 0 Å². The van der Waals surface area contributed by atoms with E-state index in [1.54, 1.807) is 11.6 Å². The molecule has 0 atom stereocenters. The fourth-order valence-electron chi connectivity index (χ4n) is 2.11. The predicted molar refractivity (Wildman–Crippen MR) is 66.4 cm³/mol. The molecule has 4 nitrogen and oxygen atoms in total. The van der Waals surface area contributed by atoms with Gasteiger partial charge in [-0.1, -0.05) is 0 Å². The van der Waals surface area contributed by atoms with Crippen molar-refractivity contribution in [2.45, 2.75) is 39.5 Å². The Bertz CT molecular complexity index is 585. The van der Waals surface area contributed by atoms with Gasteiger partial charge >= 0.3 is 6.18 Å². The van der Waals surface area contributed by atoms with Gasteiger partial charge in [0, 0.05) is 18.8 Å². The average molecular weight is 295 g/mol. The molecular formula is C11H14ClF3N4. The summed E-state index contributed by atoms with van der Waals surface area (Å²) >= 11 is 5.63. The number of hydrogen-bond acceptors (Lipinski definition) is 2. The molecule has 106 valence electrons. The van der Waals surface area contributed by atoms with Gasteiger partial charge in [-0.2, -0.15) is 18.3 Å². The van der Waals surface area contributed by atoms with E-state index in [4.69, 9.17) is 11.6 Å². The lowest BCUT2D eigenvalue weighted by molar-refractivity contribution is -0.140. The lowest BCUT2D eigenvalue weighted by Gasteiger charge is -2.12. The molecule has 0 amide bonds. The number of halogens is 4. The molecule has 0 aliphatic heterocycles. The van der Waals surface area contributed by atoms with Crippen molar-refractivity contribution in [3.8, 4) is 0 Å². The molecule has 0 spiro atoms. The van der Waals surface area contributed by atoms with Crippen molar-refractivity contribution >= 4 is 22.8 Å². The summed E-state index contributed by atoms with van der Waals surface area (Å²) in [4.78, 5) is 4.25. The highest BCUT2D eigenvalue weighted by atomic mass is 35.5. The van der Waals surface area contributed by atoms with Gasteiger partial charge in [0.2, 0.25) is 0 Å². The first kappa shape index (κ1) is 14.2. The number of alkyl halides is 4. The Labute approximate surface area is 113 Å². The minimum atomic E-state index is -4.30. The van der Waals surface area contributed by atoms with Crippen molar-refractivity contribution < 1.29 is 13.2 Å². The molecule has 0 N–H and O–H groups in total. The van der Waals surface area contributed by atoms with Crippen LogP contribution in [0.4, 0.5) is 13.2 Å². The fourth-order valence-corrected chi connectivity index (χ4v) is 2.28. The third kappa shape index (κ3) is 2.70. The molecule has 2 aromatic heterocycles. The van der Waals surface area contributed by atoms with E-state index in [1.807, 2.05) is 6.92 Å². The van der Waals surface area contributed by atoms with Crippen molar-refractivity contribution in [1.82, 2.24) is 19.3 Å². The number of aryl methyl sites for hydroxylation is 3. The van der Waals surface area contributed by atoms with Gasteiger partial charge in [-0.25, -0.2) is 9.67 Å². The molecular weight excluding hydrogens is 281 g/mol. The standard InChI is InChI=1S/C11H14ClF3N4/c1-3-19-10-9(7(2)17-19)16-8(4-5-12)18(10)6-11(13,14)15/h3-6H2,1-2H3. The SMILES string of the molecule is CCn1nc(C)c2nc(CCCl)n(CC(F)(F)F)c21. The summed E-state index contributed by atoms with van der Waals surface area (Å²) in [6.45, 7) is 3.00. The van der Waals surface area contributed by atoms with Crippen LogP contribution in [-0.2, 0) is 19.5 Å². The Morgan fingerprint density at radius 2 is 2.00 bits per heavy atom. The van der Waals surface area contributed by atoms with Gasteiger partial charge in [-0.15, -0.1) is 11.6 Å². The van der Waals surface area contributed by atoms with Crippen LogP contribution in [0.5, 0.6) is 0 Å². The van der Waals surface area contributed by atoms with Crippen LogP contribution in [0.15, 0.2) is 0 Å². The molecule has 0 fully saturated rings. The summed E-state index contributed by atoms with van der Waals surface area (Å²) in [5.74, 6) is 0.584. The zero-order valence-electron chi connectivity index (χ0n) is 10.6. The fraction of sp³-hybridized carbons (Fsp3) is 0.636. The zero-order valence-corrected chi connectivity index (χ0v) is 11.4. The van der Waals surface area contributed by atoms with Crippen molar-refractivity contribution in [2.75, 3.05) is 5.88 Å². The molecule has 0 aromatic carbocycles. The van der Waals surface area contributed by atoms with Gasteiger partial charge in [0.25, 0.3) is 0 Å². The average Bonchev–Trinajstić information content (AvgIpc) is 2.78. The van der Waals surface area contributed by atoms with Crippen molar-refractivity contribution in [2.24, 2.45) is 0 Å². The summed E-state index contributed by atoms with van der Waals surface area (Å²) < 4.78 is 40.8.